The molecule has 1 aliphatic carbocycles. The van der Waals surface area contributed by atoms with Crippen LogP contribution in [0.2, 0.25) is 0 Å². The summed E-state index contributed by atoms with van der Waals surface area (Å²) in [6, 6.07) is 4.45. The van der Waals surface area contributed by atoms with Crippen molar-refractivity contribution in [2.45, 2.75) is 39.5 Å². The van der Waals surface area contributed by atoms with E-state index in [1.54, 1.807) is 13.0 Å². The van der Waals surface area contributed by atoms with E-state index < -0.39 is 10.0 Å². The minimum atomic E-state index is -3.72. The van der Waals surface area contributed by atoms with Crippen molar-refractivity contribution in [1.82, 2.24) is 0 Å². The van der Waals surface area contributed by atoms with Crippen molar-refractivity contribution in [1.29, 1.82) is 0 Å². The molecule has 0 saturated heterocycles. The van der Waals surface area contributed by atoms with Crippen molar-refractivity contribution in [2.24, 2.45) is 21.9 Å². The third-order valence-corrected chi connectivity index (χ3v) is 5.98. The molecule has 1 fully saturated rings. The number of sulfonamides is 1. The van der Waals surface area contributed by atoms with Gasteiger partial charge in [-0.3, -0.25) is 4.79 Å². The average Bonchev–Trinajstić information content (AvgIpc) is 2.70. The van der Waals surface area contributed by atoms with Gasteiger partial charge in [0.15, 0.2) is 0 Å². The summed E-state index contributed by atoms with van der Waals surface area (Å²) < 4.78 is 22.6. The number of hydrogen-bond donors (Lipinski definition) is 2. The number of hydrogen-bond acceptors (Lipinski definition) is 3. The maximum atomic E-state index is 12.4. The molecule has 0 aliphatic heterocycles. The highest BCUT2D eigenvalue weighted by atomic mass is 32.2. The smallest absolute Gasteiger partial charge is 0.238 e. The van der Waals surface area contributed by atoms with Crippen LogP contribution in [0.25, 0.3) is 0 Å². The van der Waals surface area contributed by atoms with Gasteiger partial charge < -0.3 is 5.32 Å². The number of aryl methyl sites for hydroxylation is 1. The largest absolute Gasteiger partial charge is 0.326 e. The van der Waals surface area contributed by atoms with Crippen molar-refractivity contribution in [3.63, 3.8) is 0 Å². The van der Waals surface area contributed by atoms with E-state index in [0.29, 0.717) is 11.3 Å². The molecule has 0 aromatic heterocycles. The molecule has 0 heterocycles. The van der Waals surface area contributed by atoms with Gasteiger partial charge in [0.1, 0.15) is 0 Å². The predicted octanol–water partition coefficient (Wildman–Crippen LogP) is 2.26. The monoisotopic (exact) mass is 310 g/mol. The zero-order chi connectivity index (χ0) is 16.2. The van der Waals surface area contributed by atoms with Gasteiger partial charge in [-0.25, -0.2) is 13.6 Å². The minimum Gasteiger partial charge on any atom is -0.326 e. The number of nitrogens with two attached hydrogens (primary N) is 1. The maximum Gasteiger partial charge on any atom is 0.238 e. The highest BCUT2D eigenvalue weighted by molar-refractivity contribution is 7.89. The van der Waals surface area contributed by atoms with Crippen LogP contribution in [-0.4, -0.2) is 14.3 Å². The molecule has 1 aromatic rings. The fraction of sp³-hybridized carbons (Fsp3) is 0.533. The maximum absolute atomic E-state index is 12.4. The van der Waals surface area contributed by atoms with Crippen LogP contribution in [-0.2, 0) is 14.8 Å². The normalized spacial score (nSPS) is 20.1. The van der Waals surface area contributed by atoms with Crippen LogP contribution in [0, 0.1) is 23.7 Å². The molecule has 2 rings (SSSR count). The molecule has 0 bridgehead atoms. The van der Waals surface area contributed by atoms with Crippen LogP contribution in [0.5, 0.6) is 0 Å². The van der Waals surface area contributed by atoms with Gasteiger partial charge >= 0.3 is 0 Å². The lowest BCUT2D eigenvalue weighted by Crippen LogP contribution is -2.19. The number of carbonyl (C=O) groups excluding carboxylic acids is 1. The Hall–Kier alpha value is -1.40. The first-order valence-electron chi connectivity index (χ1n) is 6.83. The molecule has 5 nitrogen and oxygen atoms in total. The van der Waals surface area contributed by atoms with E-state index in [4.69, 9.17) is 5.14 Å². The van der Waals surface area contributed by atoms with Gasteiger partial charge in [-0.15, -0.1) is 0 Å². The lowest BCUT2D eigenvalue weighted by atomic mass is 10.0. The van der Waals surface area contributed by atoms with Crippen LogP contribution < -0.4 is 10.5 Å². The van der Waals surface area contributed by atoms with Crippen LogP contribution in [0.3, 0.4) is 0 Å². The Morgan fingerprint density at radius 1 is 1.19 bits per heavy atom. The van der Waals surface area contributed by atoms with Crippen molar-refractivity contribution < 1.29 is 13.2 Å². The Morgan fingerprint density at radius 2 is 1.71 bits per heavy atom. The second-order valence-corrected chi connectivity index (χ2v) is 8.45. The van der Waals surface area contributed by atoms with Crippen molar-refractivity contribution in [3.05, 3.63) is 23.8 Å². The molecule has 0 spiro atoms. The van der Waals surface area contributed by atoms with E-state index in [9.17, 15) is 13.2 Å². The van der Waals surface area contributed by atoms with E-state index in [0.717, 1.165) is 0 Å². The van der Waals surface area contributed by atoms with E-state index in [1.165, 1.54) is 12.1 Å². The SMILES string of the molecule is Cc1cc(S(N)(=O)=O)ccc1NC(=O)C1C(C)(C)C1(C)C. The fourth-order valence-electron chi connectivity index (χ4n) is 3.01. The summed E-state index contributed by atoms with van der Waals surface area (Å²) in [5, 5.41) is 7.98. The molecular formula is C15H22N2O3S. The number of carbonyl (C=O) groups is 1. The second kappa shape index (κ2) is 4.55. The highest BCUT2D eigenvalue weighted by Gasteiger charge is 2.68. The molecule has 116 valence electrons. The van der Waals surface area contributed by atoms with Crippen LogP contribution in [0.15, 0.2) is 23.1 Å². The third kappa shape index (κ3) is 2.58. The standard InChI is InChI=1S/C15H22N2O3S/c1-9-8-10(21(16,19)20)6-7-11(9)17-13(18)12-14(2,3)15(12,4)5/h6-8,12H,1-5H3,(H,17,18)(H2,16,19,20). The molecule has 1 aromatic carbocycles. The molecule has 3 N–H and O–H groups in total. The summed E-state index contributed by atoms with van der Waals surface area (Å²) in [6.45, 7) is 10.1. The number of anilines is 1. The molecule has 0 unspecified atom stereocenters. The van der Waals surface area contributed by atoms with Crippen LogP contribution >= 0.6 is 0 Å². The first-order valence-corrected chi connectivity index (χ1v) is 8.38. The first-order chi connectivity index (χ1) is 9.39. The van der Waals surface area contributed by atoms with Crippen molar-refractivity contribution >= 4 is 21.6 Å². The summed E-state index contributed by atoms with van der Waals surface area (Å²) in [6.07, 6.45) is 0. The summed E-state index contributed by atoms with van der Waals surface area (Å²) in [4.78, 5) is 12.4. The van der Waals surface area contributed by atoms with Crippen LogP contribution in [0.4, 0.5) is 5.69 Å². The number of primary sulfonamides is 1. The zero-order valence-electron chi connectivity index (χ0n) is 13.0. The molecule has 1 aliphatic rings. The molecule has 6 heteroatoms. The molecular weight excluding hydrogens is 288 g/mol. The van der Waals surface area contributed by atoms with E-state index in [2.05, 4.69) is 33.0 Å². The van der Waals surface area contributed by atoms with E-state index >= 15 is 0 Å². The van der Waals surface area contributed by atoms with Gasteiger partial charge in [-0.1, -0.05) is 27.7 Å². The lowest BCUT2D eigenvalue weighted by Gasteiger charge is -2.10. The Labute approximate surface area is 126 Å². The summed E-state index contributed by atoms with van der Waals surface area (Å²) in [7, 11) is -3.72. The lowest BCUT2D eigenvalue weighted by molar-refractivity contribution is -0.118. The van der Waals surface area contributed by atoms with Gasteiger partial charge in [-0.05, 0) is 41.5 Å². The summed E-state index contributed by atoms with van der Waals surface area (Å²) in [5.41, 5.74) is 1.22. The zero-order valence-corrected chi connectivity index (χ0v) is 13.8. The number of nitrogens with one attached hydrogen (secondary N) is 1. The Bertz CT molecular complexity index is 692. The quantitative estimate of drug-likeness (QED) is 0.897. The molecule has 1 amide bonds. The highest BCUT2D eigenvalue weighted by Crippen LogP contribution is 2.68. The summed E-state index contributed by atoms with van der Waals surface area (Å²) in [5.74, 6) is -0.0845. The average molecular weight is 310 g/mol. The Morgan fingerprint density at radius 3 is 2.10 bits per heavy atom. The van der Waals surface area contributed by atoms with Gasteiger partial charge in [0.2, 0.25) is 15.9 Å². The fourth-order valence-corrected chi connectivity index (χ4v) is 3.61. The van der Waals surface area contributed by atoms with Crippen molar-refractivity contribution in [2.75, 3.05) is 5.32 Å². The van der Waals surface area contributed by atoms with Gasteiger partial charge in [-0.2, -0.15) is 0 Å². The van der Waals surface area contributed by atoms with E-state index in [-0.39, 0.29) is 27.6 Å². The number of rotatable bonds is 3. The third-order valence-electron chi connectivity index (χ3n) is 5.07. The topological polar surface area (TPSA) is 89.3 Å². The Balaban J connectivity index is 2.21. The van der Waals surface area contributed by atoms with Gasteiger partial charge in [0.05, 0.1) is 4.90 Å². The Kier molecular flexibility index (Phi) is 3.46. The molecule has 1 saturated carbocycles. The second-order valence-electron chi connectivity index (χ2n) is 6.89. The minimum absolute atomic E-state index is 0.0311. The molecule has 0 radical (unpaired) electrons. The van der Waals surface area contributed by atoms with Crippen LogP contribution in [0.1, 0.15) is 33.3 Å². The number of amides is 1. The number of benzene rings is 1. The molecule has 21 heavy (non-hydrogen) atoms. The van der Waals surface area contributed by atoms with Gasteiger partial charge in [0.25, 0.3) is 0 Å². The van der Waals surface area contributed by atoms with Crippen molar-refractivity contribution in [3.8, 4) is 0 Å². The van der Waals surface area contributed by atoms with E-state index in [1.807, 2.05) is 0 Å². The first kappa shape index (κ1) is 16.0. The molecule has 0 atom stereocenters. The summed E-state index contributed by atoms with van der Waals surface area (Å²) >= 11 is 0. The van der Waals surface area contributed by atoms with Gasteiger partial charge in [0, 0.05) is 11.6 Å². The predicted molar refractivity (Wildman–Crippen MR) is 82.2 cm³/mol.